The zero-order valence-corrected chi connectivity index (χ0v) is 16.5. The van der Waals surface area contributed by atoms with Gasteiger partial charge in [0.1, 0.15) is 10.6 Å². The monoisotopic (exact) mass is 459 g/mol. The van der Waals surface area contributed by atoms with Gasteiger partial charge < -0.3 is 15.9 Å². The molecule has 2 aromatic rings. The molecule has 0 saturated heterocycles. The van der Waals surface area contributed by atoms with Crippen molar-refractivity contribution in [3.05, 3.63) is 50.5 Å². The number of nitrogens with two attached hydrogens (primary N) is 1. The number of hydrogen-bond acceptors (Lipinski definition) is 5. The van der Waals surface area contributed by atoms with E-state index in [1.165, 1.54) is 18.2 Å². The number of benzene rings is 2. The Balaban J connectivity index is 2.09. The molecular weight excluding hydrogens is 446 g/mol. The molecule has 1 saturated carbocycles. The Kier molecular flexibility index (Phi) is 4.94. The molecule has 1 aliphatic rings. The zero-order chi connectivity index (χ0) is 19.2. The average molecular weight is 461 g/mol. The molecule has 138 valence electrons. The van der Waals surface area contributed by atoms with Crippen LogP contribution in [0.5, 0.6) is 11.5 Å². The molecule has 9 heteroatoms. The van der Waals surface area contributed by atoms with Crippen molar-refractivity contribution in [2.24, 2.45) is 5.73 Å². The van der Waals surface area contributed by atoms with Crippen LogP contribution in [0.25, 0.3) is 0 Å². The van der Waals surface area contributed by atoms with Gasteiger partial charge in [-0.15, -0.1) is 0 Å². The number of aromatic hydroxyl groups is 2. The largest absolute Gasteiger partial charge is 0.507 e. The Morgan fingerprint density at radius 2 is 1.85 bits per heavy atom. The van der Waals surface area contributed by atoms with Crippen molar-refractivity contribution >= 4 is 43.3 Å². The van der Waals surface area contributed by atoms with Crippen molar-refractivity contribution in [3.63, 3.8) is 0 Å². The van der Waals surface area contributed by atoms with Crippen LogP contribution in [0.4, 0.5) is 0 Å². The van der Waals surface area contributed by atoms with Crippen molar-refractivity contribution in [1.29, 1.82) is 0 Å². The van der Waals surface area contributed by atoms with E-state index in [1.807, 2.05) is 0 Å². The summed E-state index contributed by atoms with van der Waals surface area (Å²) < 4.78 is 26.0. The van der Waals surface area contributed by atoms with Gasteiger partial charge in [0.15, 0.2) is 15.6 Å². The lowest BCUT2D eigenvalue weighted by Crippen LogP contribution is -2.14. The number of amides is 1. The van der Waals surface area contributed by atoms with Crippen LogP contribution in [0, 0.1) is 0 Å². The van der Waals surface area contributed by atoms with Crippen molar-refractivity contribution in [1.82, 2.24) is 0 Å². The van der Waals surface area contributed by atoms with E-state index in [9.17, 15) is 23.4 Å². The fourth-order valence-corrected chi connectivity index (χ4v) is 5.24. The molecule has 0 unspecified atom stereocenters. The minimum absolute atomic E-state index is 0.0543. The van der Waals surface area contributed by atoms with Gasteiger partial charge in [0, 0.05) is 10.0 Å². The van der Waals surface area contributed by atoms with E-state index in [-0.39, 0.29) is 27.0 Å². The van der Waals surface area contributed by atoms with E-state index in [1.54, 1.807) is 6.07 Å². The first-order chi connectivity index (χ1) is 12.1. The molecule has 0 bridgehead atoms. The Morgan fingerprint density at radius 3 is 2.42 bits per heavy atom. The third-order valence-corrected chi connectivity index (χ3v) is 6.62. The highest BCUT2D eigenvalue weighted by Gasteiger charge is 2.29. The third-order valence-electron chi connectivity index (χ3n) is 4.20. The molecule has 0 radical (unpaired) electrons. The van der Waals surface area contributed by atoms with Gasteiger partial charge in [-0.3, -0.25) is 4.79 Å². The van der Waals surface area contributed by atoms with Crippen LogP contribution in [0.15, 0.2) is 33.6 Å². The summed E-state index contributed by atoms with van der Waals surface area (Å²) >= 11 is 8.98. The zero-order valence-electron chi connectivity index (χ0n) is 13.4. The first kappa shape index (κ1) is 19.0. The smallest absolute Gasteiger partial charge is 0.252 e. The van der Waals surface area contributed by atoms with Crippen LogP contribution in [0.3, 0.4) is 0 Å². The minimum Gasteiger partial charge on any atom is -0.507 e. The number of hydrogen-bond donors (Lipinski definition) is 3. The molecule has 1 aliphatic carbocycles. The summed E-state index contributed by atoms with van der Waals surface area (Å²) in [6.07, 6.45) is 1.86. The van der Waals surface area contributed by atoms with Crippen LogP contribution >= 0.6 is 27.5 Å². The van der Waals surface area contributed by atoms with E-state index in [0.29, 0.717) is 4.47 Å². The molecule has 1 amide bonds. The highest BCUT2D eigenvalue weighted by Crippen LogP contribution is 2.43. The lowest BCUT2D eigenvalue weighted by atomic mass is 10.0. The van der Waals surface area contributed by atoms with Gasteiger partial charge >= 0.3 is 0 Å². The van der Waals surface area contributed by atoms with Crippen LogP contribution in [-0.2, 0) is 15.6 Å². The molecule has 0 heterocycles. The van der Waals surface area contributed by atoms with Crippen LogP contribution in [0.2, 0.25) is 5.02 Å². The fourth-order valence-electron chi connectivity index (χ4n) is 2.73. The summed E-state index contributed by atoms with van der Waals surface area (Å²) in [5.41, 5.74) is 6.00. The second-order valence-electron chi connectivity index (χ2n) is 6.21. The normalized spacial score (nSPS) is 14.4. The molecule has 4 N–H and O–H groups in total. The Labute approximate surface area is 163 Å². The van der Waals surface area contributed by atoms with E-state index in [0.717, 1.165) is 18.4 Å². The summed E-state index contributed by atoms with van der Waals surface area (Å²) in [6, 6.07) is 5.66. The molecule has 0 aliphatic heterocycles. The Hall–Kier alpha value is -1.77. The Bertz CT molecular complexity index is 1020. The molecule has 0 aromatic heterocycles. The number of carbonyl (C=O) groups excluding carboxylic acids is 1. The Morgan fingerprint density at radius 1 is 1.19 bits per heavy atom. The van der Waals surface area contributed by atoms with Gasteiger partial charge in [-0.2, -0.15) is 0 Å². The molecule has 3 rings (SSSR count). The summed E-state index contributed by atoms with van der Waals surface area (Å²) in [6.45, 7) is 0. The number of halogens is 2. The SMILES string of the molecule is NC(=O)c1cc(C2CC2)cc(CS(=O)(=O)c2cc(Br)cc(Cl)c2O)c1O. The number of phenolic OH excluding ortho intramolecular Hbond substituents is 1. The molecular formula is C17H15BrClNO5S. The molecule has 26 heavy (non-hydrogen) atoms. The van der Waals surface area contributed by atoms with Crippen LogP contribution in [0.1, 0.15) is 40.2 Å². The fraction of sp³-hybridized carbons (Fsp3) is 0.235. The molecule has 1 fully saturated rings. The van der Waals surface area contributed by atoms with Crippen molar-refractivity contribution in [3.8, 4) is 11.5 Å². The number of phenols is 2. The van der Waals surface area contributed by atoms with Gasteiger partial charge in [-0.1, -0.05) is 33.6 Å². The van der Waals surface area contributed by atoms with E-state index in [2.05, 4.69) is 15.9 Å². The molecule has 0 atom stereocenters. The van der Waals surface area contributed by atoms with Crippen LogP contribution < -0.4 is 5.73 Å². The lowest BCUT2D eigenvalue weighted by Gasteiger charge is -2.13. The van der Waals surface area contributed by atoms with E-state index in [4.69, 9.17) is 17.3 Å². The van der Waals surface area contributed by atoms with Gasteiger partial charge in [-0.05, 0) is 42.5 Å². The second-order valence-corrected chi connectivity index (χ2v) is 9.49. The quantitative estimate of drug-likeness (QED) is 0.631. The number of sulfone groups is 1. The van der Waals surface area contributed by atoms with Crippen molar-refractivity contribution in [2.75, 3.05) is 0 Å². The van der Waals surface area contributed by atoms with Gasteiger partial charge in [0.2, 0.25) is 0 Å². The number of carbonyl (C=O) groups is 1. The maximum Gasteiger partial charge on any atom is 0.252 e. The van der Waals surface area contributed by atoms with Gasteiger partial charge in [-0.25, -0.2) is 8.42 Å². The minimum atomic E-state index is -4.05. The molecule has 0 spiro atoms. The maximum atomic E-state index is 12.8. The number of rotatable bonds is 5. The first-order valence-corrected chi connectivity index (χ1v) is 10.5. The topological polar surface area (TPSA) is 118 Å². The van der Waals surface area contributed by atoms with Crippen molar-refractivity contribution in [2.45, 2.75) is 29.4 Å². The predicted molar refractivity (Wildman–Crippen MR) is 100 cm³/mol. The van der Waals surface area contributed by atoms with Gasteiger partial charge in [0.25, 0.3) is 5.91 Å². The molecule has 2 aromatic carbocycles. The first-order valence-electron chi connectivity index (χ1n) is 7.66. The number of primary amides is 1. The third kappa shape index (κ3) is 3.67. The van der Waals surface area contributed by atoms with E-state index < -0.39 is 33.0 Å². The summed E-state index contributed by atoms with van der Waals surface area (Å²) in [5.74, 6) is -2.25. The summed E-state index contributed by atoms with van der Waals surface area (Å²) in [4.78, 5) is 11.2. The second kappa shape index (κ2) is 6.75. The summed E-state index contributed by atoms with van der Waals surface area (Å²) in [5, 5.41) is 20.2. The maximum absolute atomic E-state index is 12.8. The van der Waals surface area contributed by atoms with Crippen molar-refractivity contribution < 1.29 is 23.4 Å². The van der Waals surface area contributed by atoms with E-state index >= 15 is 0 Å². The summed E-state index contributed by atoms with van der Waals surface area (Å²) in [7, 11) is -4.05. The highest BCUT2D eigenvalue weighted by molar-refractivity contribution is 9.10. The predicted octanol–water partition coefficient (Wildman–Crippen LogP) is 3.46. The van der Waals surface area contributed by atoms with Crippen LogP contribution in [-0.4, -0.2) is 24.5 Å². The lowest BCUT2D eigenvalue weighted by molar-refractivity contribution is 0.0997. The molecule has 6 nitrogen and oxygen atoms in total. The standard InChI is InChI=1S/C17H15BrClNO5S/c18-11-5-13(19)16(22)14(6-11)26(24,25)7-10-3-9(8-1-2-8)4-12(15(10)21)17(20)23/h3-6,8,21-22H,1-2,7H2,(H2,20,23). The van der Waals surface area contributed by atoms with Gasteiger partial charge in [0.05, 0.1) is 16.3 Å². The average Bonchev–Trinajstić information content (AvgIpc) is 3.37. The highest BCUT2D eigenvalue weighted by atomic mass is 79.9.